The third-order valence-electron chi connectivity index (χ3n) is 4.15. The van der Waals surface area contributed by atoms with Crippen LogP contribution in [0.4, 0.5) is 0 Å². The SMILES string of the molecule is CC(CNCC1CC2C=CC1C2)c1nccs1. The summed E-state index contributed by atoms with van der Waals surface area (Å²) in [4.78, 5) is 4.37. The van der Waals surface area contributed by atoms with Gasteiger partial charge < -0.3 is 5.32 Å². The van der Waals surface area contributed by atoms with Crippen molar-refractivity contribution >= 4 is 11.3 Å². The van der Waals surface area contributed by atoms with Crippen molar-refractivity contribution < 1.29 is 0 Å². The predicted octanol–water partition coefficient (Wildman–Crippen LogP) is 3.05. The van der Waals surface area contributed by atoms with Gasteiger partial charge in [0.2, 0.25) is 0 Å². The van der Waals surface area contributed by atoms with E-state index < -0.39 is 0 Å². The molecule has 0 aromatic carbocycles. The minimum atomic E-state index is 0.545. The fraction of sp³-hybridized carbons (Fsp3) is 0.643. The molecule has 92 valence electrons. The fourth-order valence-corrected chi connectivity index (χ4v) is 3.88. The maximum atomic E-state index is 4.37. The molecule has 1 aromatic rings. The molecule has 1 fully saturated rings. The van der Waals surface area contributed by atoms with E-state index in [1.54, 1.807) is 11.3 Å². The van der Waals surface area contributed by atoms with E-state index in [0.29, 0.717) is 5.92 Å². The highest BCUT2D eigenvalue weighted by Gasteiger charge is 2.34. The molecule has 4 atom stereocenters. The maximum absolute atomic E-state index is 4.37. The zero-order valence-corrected chi connectivity index (χ0v) is 11.1. The Morgan fingerprint density at radius 2 is 2.41 bits per heavy atom. The normalized spacial score (nSPS) is 32.2. The predicted molar refractivity (Wildman–Crippen MR) is 72.2 cm³/mol. The minimum Gasteiger partial charge on any atom is -0.316 e. The molecule has 2 bridgehead atoms. The highest BCUT2D eigenvalue weighted by atomic mass is 32.1. The first-order valence-electron chi connectivity index (χ1n) is 6.61. The Labute approximate surface area is 107 Å². The van der Waals surface area contributed by atoms with Crippen LogP contribution in [-0.4, -0.2) is 18.1 Å². The molecule has 0 amide bonds. The summed E-state index contributed by atoms with van der Waals surface area (Å²) >= 11 is 1.76. The van der Waals surface area contributed by atoms with Gasteiger partial charge in [0.05, 0.1) is 5.01 Å². The van der Waals surface area contributed by atoms with Gasteiger partial charge in [0.25, 0.3) is 0 Å². The number of allylic oxidation sites excluding steroid dienone is 2. The highest BCUT2D eigenvalue weighted by molar-refractivity contribution is 7.09. The van der Waals surface area contributed by atoms with Gasteiger partial charge >= 0.3 is 0 Å². The van der Waals surface area contributed by atoms with Crippen LogP contribution in [0, 0.1) is 17.8 Å². The van der Waals surface area contributed by atoms with Crippen LogP contribution in [0.1, 0.15) is 30.7 Å². The average molecular weight is 248 g/mol. The van der Waals surface area contributed by atoms with Crippen LogP contribution in [0.15, 0.2) is 23.7 Å². The third kappa shape index (κ3) is 2.45. The van der Waals surface area contributed by atoms with Crippen LogP contribution < -0.4 is 5.32 Å². The van der Waals surface area contributed by atoms with Crippen LogP contribution in [0.5, 0.6) is 0 Å². The standard InChI is InChI=1S/C14H20N2S/c1-10(14-16-4-5-17-14)8-15-9-13-7-11-2-3-12(13)6-11/h2-5,10-13,15H,6-9H2,1H3. The van der Waals surface area contributed by atoms with Crippen molar-refractivity contribution in [3.63, 3.8) is 0 Å². The molecular formula is C14H20N2S. The van der Waals surface area contributed by atoms with E-state index in [-0.39, 0.29) is 0 Å². The second kappa shape index (κ2) is 4.91. The Kier molecular flexibility index (Phi) is 3.30. The van der Waals surface area contributed by atoms with Crippen molar-refractivity contribution in [2.24, 2.45) is 17.8 Å². The zero-order valence-electron chi connectivity index (χ0n) is 10.3. The Balaban J connectivity index is 1.42. The third-order valence-corrected chi connectivity index (χ3v) is 5.15. The molecule has 2 nitrogen and oxygen atoms in total. The van der Waals surface area contributed by atoms with Crippen molar-refractivity contribution in [3.05, 3.63) is 28.7 Å². The summed E-state index contributed by atoms with van der Waals surface area (Å²) < 4.78 is 0. The van der Waals surface area contributed by atoms with Crippen molar-refractivity contribution in [1.29, 1.82) is 0 Å². The van der Waals surface area contributed by atoms with Gasteiger partial charge in [-0.2, -0.15) is 0 Å². The van der Waals surface area contributed by atoms with Crippen molar-refractivity contribution in [1.82, 2.24) is 10.3 Å². The number of rotatable bonds is 5. The lowest BCUT2D eigenvalue weighted by atomic mass is 9.93. The summed E-state index contributed by atoms with van der Waals surface area (Å²) in [5.74, 6) is 3.18. The Morgan fingerprint density at radius 3 is 3.06 bits per heavy atom. The van der Waals surface area contributed by atoms with Crippen LogP contribution in [0.25, 0.3) is 0 Å². The summed E-state index contributed by atoms with van der Waals surface area (Å²) in [7, 11) is 0. The maximum Gasteiger partial charge on any atom is 0.0965 e. The number of hydrogen-bond acceptors (Lipinski definition) is 3. The van der Waals surface area contributed by atoms with Crippen molar-refractivity contribution in [2.45, 2.75) is 25.7 Å². The molecule has 2 aliphatic rings. The molecule has 0 radical (unpaired) electrons. The second-order valence-electron chi connectivity index (χ2n) is 5.47. The molecule has 0 saturated heterocycles. The van der Waals surface area contributed by atoms with Gasteiger partial charge in [-0.3, -0.25) is 0 Å². The number of fused-ring (bicyclic) bond motifs is 2. The Hall–Kier alpha value is -0.670. The van der Waals surface area contributed by atoms with E-state index in [4.69, 9.17) is 0 Å². The lowest BCUT2D eigenvalue weighted by Crippen LogP contribution is -2.28. The van der Waals surface area contributed by atoms with Crippen LogP contribution in [-0.2, 0) is 0 Å². The van der Waals surface area contributed by atoms with E-state index in [0.717, 1.165) is 24.3 Å². The summed E-state index contributed by atoms with van der Waals surface area (Å²) in [6.45, 7) is 4.50. The molecule has 0 spiro atoms. The molecule has 1 saturated carbocycles. The Morgan fingerprint density at radius 1 is 1.47 bits per heavy atom. The summed E-state index contributed by atoms with van der Waals surface area (Å²) in [5, 5.41) is 6.95. The molecule has 17 heavy (non-hydrogen) atoms. The van der Waals surface area contributed by atoms with Gasteiger partial charge in [0.1, 0.15) is 0 Å². The van der Waals surface area contributed by atoms with Crippen molar-refractivity contribution in [3.8, 4) is 0 Å². The lowest BCUT2D eigenvalue weighted by Gasteiger charge is -2.19. The van der Waals surface area contributed by atoms with Crippen LogP contribution in [0.2, 0.25) is 0 Å². The number of thiazole rings is 1. The summed E-state index contributed by atoms with van der Waals surface area (Å²) in [6.07, 6.45) is 9.57. The van der Waals surface area contributed by atoms with Gasteiger partial charge in [0.15, 0.2) is 0 Å². The molecule has 4 unspecified atom stereocenters. The van der Waals surface area contributed by atoms with Gasteiger partial charge in [-0.25, -0.2) is 4.98 Å². The van der Waals surface area contributed by atoms with Crippen molar-refractivity contribution in [2.75, 3.05) is 13.1 Å². The minimum absolute atomic E-state index is 0.545. The van der Waals surface area contributed by atoms with E-state index in [2.05, 4.69) is 34.8 Å². The molecular weight excluding hydrogens is 228 g/mol. The zero-order chi connectivity index (χ0) is 11.7. The smallest absolute Gasteiger partial charge is 0.0965 e. The molecule has 1 heterocycles. The number of nitrogens with zero attached hydrogens (tertiary/aromatic N) is 1. The number of nitrogens with one attached hydrogen (secondary N) is 1. The molecule has 1 aromatic heterocycles. The van der Waals surface area contributed by atoms with Crippen LogP contribution in [0.3, 0.4) is 0 Å². The van der Waals surface area contributed by atoms with E-state index in [1.165, 1.54) is 24.4 Å². The average Bonchev–Trinajstić information content (AvgIpc) is 3.06. The first kappa shape index (κ1) is 11.4. The fourth-order valence-electron chi connectivity index (χ4n) is 3.18. The van der Waals surface area contributed by atoms with Gasteiger partial charge in [0, 0.05) is 24.0 Å². The monoisotopic (exact) mass is 248 g/mol. The van der Waals surface area contributed by atoms with E-state index in [9.17, 15) is 0 Å². The molecule has 0 aliphatic heterocycles. The number of hydrogen-bond donors (Lipinski definition) is 1. The lowest BCUT2D eigenvalue weighted by molar-refractivity contribution is 0.409. The summed E-state index contributed by atoms with van der Waals surface area (Å²) in [5.41, 5.74) is 0. The second-order valence-corrected chi connectivity index (χ2v) is 6.40. The largest absolute Gasteiger partial charge is 0.316 e. The van der Waals surface area contributed by atoms with Gasteiger partial charge in [-0.15, -0.1) is 11.3 Å². The first-order chi connectivity index (χ1) is 8.33. The molecule has 1 N–H and O–H groups in total. The molecule has 2 aliphatic carbocycles. The van der Waals surface area contributed by atoms with Crippen LogP contribution >= 0.6 is 11.3 Å². The quantitative estimate of drug-likeness (QED) is 0.810. The first-order valence-corrected chi connectivity index (χ1v) is 7.49. The highest BCUT2D eigenvalue weighted by Crippen LogP contribution is 2.42. The van der Waals surface area contributed by atoms with Gasteiger partial charge in [-0.1, -0.05) is 19.1 Å². The number of aromatic nitrogens is 1. The topological polar surface area (TPSA) is 24.9 Å². The van der Waals surface area contributed by atoms with E-state index >= 15 is 0 Å². The van der Waals surface area contributed by atoms with E-state index in [1.807, 2.05) is 6.20 Å². The molecule has 3 heteroatoms. The van der Waals surface area contributed by atoms with Gasteiger partial charge in [-0.05, 0) is 37.1 Å². The molecule has 3 rings (SSSR count). The summed E-state index contributed by atoms with van der Waals surface area (Å²) in [6, 6.07) is 0. The Bertz CT molecular complexity index is 385.